The van der Waals surface area contributed by atoms with Gasteiger partial charge in [-0.05, 0) is 5.56 Å². The zero-order valence-electron chi connectivity index (χ0n) is 15.5. The molecule has 8 nitrogen and oxygen atoms in total. The first-order valence-electron chi connectivity index (χ1n) is 8.45. The number of benzene rings is 1. The average Bonchev–Trinajstić information content (AvgIpc) is 3.09. The van der Waals surface area contributed by atoms with Crippen molar-refractivity contribution in [1.82, 2.24) is 23.6 Å². The minimum absolute atomic E-state index is 0.0479. The highest BCUT2D eigenvalue weighted by molar-refractivity contribution is 5.92. The van der Waals surface area contributed by atoms with Crippen LogP contribution in [-0.4, -0.2) is 36.5 Å². The monoisotopic (exact) mass is 367 g/mol. The van der Waals surface area contributed by atoms with Crippen LogP contribution in [0.4, 0.5) is 0 Å². The quantitative estimate of drug-likeness (QED) is 0.661. The van der Waals surface area contributed by atoms with Crippen LogP contribution in [0.5, 0.6) is 0 Å². The smallest absolute Gasteiger partial charge is 0.331 e. The largest absolute Gasteiger partial charge is 0.333 e. The molecule has 1 aromatic carbocycles. The van der Waals surface area contributed by atoms with Crippen molar-refractivity contribution in [2.45, 2.75) is 13.1 Å². The number of carbonyl (C=O) groups is 1. The standard InChI is InChI=1S/C19H21N5O3/c1-21(18(26)15-11-17(25)23(3)19(27)22(15)2)13-16-20-9-10-24(16)12-14-7-5-4-6-8-14/h4-11H,12-13H2,1-3H3. The predicted octanol–water partition coefficient (Wildman–Crippen LogP) is 0.601. The van der Waals surface area contributed by atoms with Crippen LogP contribution < -0.4 is 11.2 Å². The van der Waals surface area contributed by atoms with Crippen molar-refractivity contribution in [3.63, 3.8) is 0 Å². The molecule has 0 radical (unpaired) electrons. The Kier molecular flexibility index (Phi) is 5.07. The van der Waals surface area contributed by atoms with Crippen molar-refractivity contribution in [2.75, 3.05) is 7.05 Å². The van der Waals surface area contributed by atoms with E-state index in [-0.39, 0.29) is 12.2 Å². The molecule has 0 fully saturated rings. The topological polar surface area (TPSA) is 82.1 Å². The Bertz CT molecular complexity index is 1080. The van der Waals surface area contributed by atoms with Gasteiger partial charge in [0.1, 0.15) is 11.5 Å². The first kappa shape index (κ1) is 18.4. The number of amides is 1. The predicted molar refractivity (Wildman–Crippen MR) is 100 cm³/mol. The third-order valence-corrected chi connectivity index (χ3v) is 4.47. The van der Waals surface area contributed by atoms with Gasteiger partial charge in [-0.25, -0.2) is 9.78 Å². The van der Waals surface area contributed by atoms with E-state index in [2.05, 4.69) is 4.98 Å². The van der Waals surface area contributed by atoms with Crippen molar-refractivity contribution in [1.29, 1.82) is 0 Å². The van der Waals surface area contributed by atoms with Crippen LogP contribution in [-0.2, 0) is 27.2 Å². The summed E-state index contributed by atoms with van der Waals surface area (Å²) in [7, 11) is 4.47. The van der Waals surface area contributed by atoms with Crippen molar-refractivity contribution in [2.24, 2.45) is 14.1 Å². The normalized spacial score (nSPS) is 10.8. The van der Waals surface area contributed by atoms with E-state index in [1.54, 1.807) is 13.2 Å². The number of hydrogen-bond donors (Lipinski definition) is 0. The fraction of sp³-hybridized carbons (Fsp3) is 0.263. The molecule has 0 aliphatic heterocycles. The number of imidazole rings is 1. The molecule has 0 saturated carbocycles. The molecule has 0 aliphatic rings. The molecule has 0 N–H and O–H groups in total. The molecule has 3 aromatic rings. The molecule has 3 rings (SSSR count). The van der Waals surface area contributed by atoms with Gasteiger partial charge < -0.3 is 9.47 Å². The highest BCUT2D eigenvalue weighted by Gasteiger charge is 2.19. The van der Waals surface area contributed by atoms with Crippen LogP contribution in [0.25, 0.3) is 0 Å². The maximum Gasteiger partial charge on any atom is 0.331 e. The summed E-state index contributed by atoms with van der Waals surface area (Å²) in [6.45, 7) is 0.893. The number of carbonyl (C=O) groups excluding carboxylic acids is 1. The zero-order chi connectivity index (χ0) is 19.6. The van der Waals surface area contributed by atoms with Gasteiger partial charge in [0.05, 0.1) is 6.54 Å². The molecule has 0 spiro atoms. The molecular formula is C19H21N5O3. The van der Waals surface area contributed by atoms with Crippen LogP contribution in [0.2, 0.25) is 0 Å². The van der Waals surface area contributed by atoms with E-state index >= 15 is 0 Å². The number of rotatable bonds is 5. The third kappa shape index (κ3) is 3.74. The zero-order valence-corrected chi connectivity index (χ0v) is 15.5. The summed E-state index contributed by atoms with van der Waals surface area (Å²) in [5, 5.41) is 0. The molecule has 140 valence electrons. The lowest BCUT2D eigenvalue weighted by Gasteiger charge is -2.19. The third-order valence-electron chi connectivity index (χ3n) is 4.47. The Morgan fingerprint density at radius 2 is 1.81 bits per heavy atom. The molecule has 0 saturated heterocycles. The molecule has 27 heavy (non-hydrogen) atoms. The first-order valence-corrected chi connectivity index (χ1v) is 8.45. The fourth-order valence-corrected chi connectivity index (χ4v) is 2.83. The summed E-state index contributed by atoms with van der Waals surface area (Å²) in [6, 6.07) is 11.1. The summed E-state index contributed by atoms with van der Waals surface area (Å²) >= 11 is 0. The SMILES string of the molecule is CN(Cc1nccn1Cc1ccccc1)C(=O)c1cc(=O)n(C)c(=O)n1C. The molecule has 0 unspecified atom stereocenters. The number of hydrogen-bond acceptors (Lipinski definition) is 4. The van der Waals surface area contributed by atoms with Crippen molar-refractivity contribution < 1.29 is 4.79 Å². The van der Waals surface area contributed by atoms with E-state index in [0.717, 1.165) is 10.1 Å². The number of nitrogens with zero attached hydrogens (tertiary/aromatic N) is 5. The van der Waals surface area contributed by atoms with Gasteiger partial charge in [-0.15, -0.1) is 0 Å². The lowest BCUT2D eigenvalue weighted by molar-refractivity contribution is 0.0768. The molecule has 2 heterocycles. The highest BCUT2D eigenvalue weighted by Crippen LogP contribution is 2.09. The van der Waals surface area contributed by atoms with E-state index in [0.29, 0.717) is 12.4 Å². The minimum Gasteiger partial charge on any atom is -0.333 e. The van der Waals surface area contributed by atoms with Crippen LogP contribution in [0.15, 0.2) is 58.4 Å². The second-order valence-corrected chi connectivity index (χ2v) is 6.39. The van der Waals surface area contributed by atoms with Gasteiger partial charge in [0.15, 0.2) is 0 Å². The maximum atomic E-state index is 12.8. The van der Waals surface area contributed by atoms with E-state index in [1.165, 1.54) is 29.6 Å². The van der Waals surface area contributed by atoms with E-state index in [4.69, 9.17) is 0 Å². The maximum absolute atomic E-state index is 12.8. The molecule has 0 atom stereocenters. The highest BCUT2D eigenvalue weighted by atomic mass is 16.2. The molecule has 1 amide bonds. The van der Waals surface area contributed by atoms with E-state index in [1.807, 2.05) is 41.1 Å². The second kappa shape index (κ2) is 7.45. The lowest BCUT2D eigenvalue weighted by atomic mass is 10.2. The Labute approximate surface area is 155 Å². The summed E-state index contributed by atoms with van der Waals surface area (Å²) in [6.07, 6.45) is 3.54. The minimum atomic E-state index is -0.537. The molecule has 2 aromatic heterocycles. The van der Waals surface area contributed by atoms with Crippen LogP contribution in [0, 0.1) is 0 Å². The Balaban J connectivity index is 1.82. The first-order chi connectivity index (χ1) is 12.9. The average molecular weight is 367 g/mol. The summed E-state index contributed by atoms with van der Waals surface area (Å²) in [5.74, 6) is 0.296. The van der Waals surface area contributed by atoms with Gasteiger partial charge in [-0.1, -0.05) is 30.3 Å². The van der Waals surface area contributed by atoms with Gasteiger partial charge in [0, 0.05) is 46.1 Å². The Hall–Kier alpha value is -3.42. The van der Waals surface area contributed by atoms with Gasteiger partial charge in [0.2, 0.25) is 0 Å². The molecule has 0 aliphatic carbocycles. The van der Waals surface area contributed by atoms with Gasteiger partial charge in [-0.3, -0.25) is 18.7 Å². The van der Waals surface area contributed by atoms with Gasteiger partial charge >= 0.3 is 5.69 Å². The van der Waals surface area contributed by atoms with Gasteiger partial charge in [0.25, 0.3) is 11.5 Å². The Morgan fingerprint density at radius 1 is 1.11 bits per heavy atom. The second-order valence-electron chi connectivity index (χ2n) is 6.39. The van der Waals surface area contributed by atoms with Crippen molar-refractivity contribution in [3.8, 4) is 0 Å². The van der Waals surface area contributed by atoms with Crippen molar-refractivity contribution in [3.05, 3.63) is 86.7 Å². The van der Waals surface area contributed by atoms with E-state index in [9.17, 15) is 14.4 Å². The lowest BCUT2D eigenvalue weighted by Crippen LogP contribution is -2.41. The Morgan fingerprint density at radius 3 is 2.52 bits per heavy atom. The van der Waals surface area contributed by atoms with Gasteiger partial charge in [-0.2, -0.15) is 0 Å². The number of aromatic nitrogens is 4. The summed E-state index contributed by atoms with van der Waals surface area (Å²) < 4.78 is 4.10. The van der Waals surface area contributed by atoms with Crippen LogP contribution in [0.3, 0.4) is 0 Å². The van der Waals surface area contributed by atoms with Crippen molar-refractivity contribution >= 4 is 5.91 Å². The molecule has 0 bridgehead atoms. The summed E-state index contributed by atoms with van der Waals surface area (Å²) in [5.41, 5.74) is 0.122. The molecule has 8 heteroatoms. The van der Waals surface area contributed by atoms with Crippen LogP contribution >= 0.6 is 0 Å². The summed E-state index contributed by atoms with van der Waals surface area (Å²) in [4.78, 5) is 42.5. The van der Waals surface area contributed by atoms with Crippen LogP contribution in [0.1, 0.15) is 21.9 Å². The fourth-order valence-electron chi connectivity index (χ4n) is 2.83. The molecular weight excluding hydrogens is 346 g/mol. The van der Waals surface area contributed by atoms with E-state index < -0.39 is 17.2 Å².